The minimum atomic E-state index is -0.242. The lowest BCUT2D eigenvalue weighted by molar-refractivity contribution is 0.0549. The molecule has 0 aromatic heterocycles. The smallest absolute Gasteiger partial charge is 0.261 e. The third kappa shape index (κ3) is 3.63. The van der Waals surface area contributed by atoms with E-state index in [0.717, 1.165) is 51.6 Å². The Morgan fingerprint density at radius 2 is 1.85 bits per heavy atom. The summed E-state index contributed by atoms with van der Waals surface area (Å²) >= 11 is 0. The second-order valence-corrected chi connectivity index (χ2v) is 7.94. The molecule has 2 aliphatic heterocycles. The number of fused-ring (bicyclic) bond motifs is 1. The second kappa shape index (κ2) is 7.80. The molecule has 2 N–H and O–H groups in total. The maximum absolute atomic E-state index is 12.8. The Balaban J connectivity index is 1.43. The molecular weight excluding hydrogens is 342 g/mol. The highest BCUT2D eigenvalue weighted by molar-refractivity contribution is 6.22. The number of amides is 3. The topological polar surface area (TPSA) is 78.5 Å². The summed E-state index contributed by atoms with van der Waals surface area (Å²) in [4.78, 5) is 39.4. The standard InChI is InChI=1S/C21H27N3O3/c25-19(23-11-9-14-8-10-22-13-14)15-6-7-17-18(12-15)21(27)24(20(17)26)16-4-2-1-3-5-16/h6-7,12,14,16,22H,1-5,8-11,13H2,(H,23,25). The maximum atomic E-state index is 12.8. The Bertz CT molecular complexity index is 749. The minimum Gasteiger partial charge on any atom is -0.352 e. The van der Waals surface area contributed by atoms with E-state index in [1.807, 2.05) is 0 Å². The fourth-order valence-electron chi connectivity index (χ4n) is 4.52. The zero-order valence-corrected chi connectivity index (χ0v) is 15.6. The van der Waals surface area contributed by atoms with Gasteiger partial charge in [0.1, 0.15) is 0 Å². The zero-order valence-electron chi connectivity index (χ0n) is 15.6. The van der Waals surface area contributed by atoms with Gasteiger partial charge in [0.2, 0.25) is 0 Å². The Hall–Kier alpha value is -2.21. The van der Waals surface area contributed by atoms with Gasteiger partial charge in [-0.2, -0.15) is 0 Å². The molecule has 4 rings (SSSR count). The van der Waals surface area contributed by atoms with Gasteiger partial charge in [-0.3, -0.25) is 19.3 Å². The van der Waals surface area contributed by atoms with Crippen LogP contribution < -0.4 is 10.6 Å². The van der Waals surface area contributed by atoms with Crippen molar-refractivity contribution in [2.24, 2.45) is 5.92 Å². The van der Waals surface area contributed by atoms with Crippen LogP contribution in [0.1, 0.15) is 76.0 Å². The van der Waals surface area contributed by atoms with Crippen molar-refractivity contribution < 1.29 is 14.4 Å². The second-order valence-electron chi connectivity index (χ2n) is 7.94. The van der Waals surface area contributed by atoms with Crippen LogP contribution in [0.4, 0.5) is 0 Å². The summed E-state index contributed by atoms with van der Waals surface area (Å²) in [6.45, 7) is 2.70. The van der Waals surface area contributed by atoms with E-state index in [0.29, 0.717) is 29.2 Å². The van der Waals surface area contributed by atoms with E-state index in [4.69, 9.17) is 0 Å². The van der Waals surface area contributed by atoms with Crippen LogP contribution in [-0.2, 0) is 0 Å². The number of benzene rings is 1. The van der Waals surface area contributed by atoms with Gasteiger partial charge < -0.3 is 10.6 Å². The van der Waals surface area contributed by atoms with Gasteiger partial charge >= 0.3 is 0 Å². The molecule has 1 aliphatic carbocycles. The monoisotopic (exact) mass is 369 g/mol. The highest BCUT2D eigenvalue weighted by Crippen LogP contribution is 2.31. The van der Waals surface area contributed by atoms with Crippen molar-refractivity contribution in [2.75, 3.05) is 19.6 Å². The maximum Gasteiger partial charge on any atom is 0.261 e. The summed E-state index contributed by atoms with van der Waals surface area (Å²) in [6.07, 6.45) is 7.16. The Morgan fingerprint density at radius 3 is 2.59 bits per heavy atom. The molecule has 1 saturated carbocycles. The lowest BCUT2D eigenvalue weighted by Crippen LogP contribution is -2.40. The van der Waals surface area contributed by atoms with Gasteiger partial charge in [-0.05, 0) is 62.9 Å². The van der Waals surface area contributed by atoms with Gasteiger partial charge in [0.15, 0.2) is 0 Å². The van der Waals surface area contributed by atoms with Gasteiger partial charge in [-0.1, -0.05) is 19.3 Å². The third-order valence-electron chi connectivity index (χ3n) is 6.12. The molecule has 144 valence electrons. The highest BCUT2D eigenvalue weighted by atomic mass is 16.2. The van der Waals surface area contributed by atoms with E-state index in [1.165, 1.54) is 11.3 Å². The number of nitrogens with one attached hydrogen (secondary N) is 2. The minimum absolute atomic E-state index is 0.00319. The number of rotatable bonds is 5. The molecule has 1 unspecified atom stereocenters. The number of hydrogen-bond donors (Lipinski definition) is 2. The number of nitrogens with zero attached hydrogens (tertiary/aromatic N) is 1. The SMILES string of the molecule is O=C(NCCC1CCNC1)c1ccc2c(c1)C(=O)N(C1CCCCC1)C2=O. The molecule has 6 heteroatoms. The first-order valence-corrected chi connectivity index (χ1v) is 10.2. The van der Waals surface area contributed by atoms with Crippen LogP contribution in [0, 0.1) is 5.92 Å². The molecule has 1 saturated heterocycles. The Kier molecular flexibility index (Phi) is 5.25. The van der Waals surface area contributed by atoms with Crippen molar-refractivity contribution in [3.8, 4) is 0 Å². The fraction of sp³-hybridized carbons (Fsp3) is 0.571. The molecule has 2 fully saturated rings. The van der Waals surface area contributed by atoms with Crippen molar-refractivity contribution in [3.05, 3.63) is 34.9 Å². The van der Waals surface area contributed by atoms with E-state index in [9.17, 15) is 14.4 Å². The first kappa shape index (κ1) is 18.2. The van der Waals surface area contributed by atoms with Crippen LogP contribution >= 0.6 is 0 Å². The van der Waals surface area contributed by atoms with Crippen molar-refractivity contribution in [2.45, 2.75) is 51.0 Å². The van der Waals surface area contributed by atoms with E-state index in [1.54, 1.807) is 18.2 Å². The number of carbonyl (C=O) groups is 3. The van der Waals surface area contributed by atoms with Gasteiger partial charge in [-0.25, -0.2) is 0 Å². The molecule has 1 atom stereocenters. The van der Waals surface area contributed by atoms with E-state index in [-0.39, 0.29) is 23.8 Å². The van der Waals surface area contributed by atoms with Gasteiger partial charge in [0.25, 0.3) is 17.7 Å². The lowest BCUT2D eigenvalue weighted by atomic mass is 9.94. The molecule has 0 spiro atoms. The molecular formula is C21H27N3O3. The first-order valence-electron chi connectivity index (χ1n) is 10.2. The van der Waals surface area contributed by atoms with Crippen molar-refractivity contribution >= 4 is 17.7 Å². The molecule has 3 aliphatic rings. The number of imide groups is 1. The highest BCUT2D eigenvalue weighted by Gasteiger charge is 2.40. The molecule has 2 heterocycles. The molecule has 0 radical (unpaired) electrons. The van der Waals surface area contributed by atoms with Crippen LogP contribution in [-0.4, -0.2) is 48.3 Å². The largest absolute Gasteiger partial charge is 0.352 e. The van der Waals surface area contributed by atoms with Crippen molar-refractivity contribution in [1.82, 2.24) is 15.5 Å². The summed E-state index contributed by atoms with van der Waals surface area (Å²) in [5.74, 6) is -0.00938. The van der Waals surface area contributed by atoms with E-state index in [2.05, 4.69) is 10.6 Å². The first-order chi connectivity index (χ1) is 13.1. The van der Waals surface area contributed by atoms with E-state index >= 15 is 0 Å². The molecule has 6 nitrogen and oxygen atoms in total. The molecule has 1 aromatic rings. The quantitative estimate of drug-likeness (QED) is 0.781. The fourth-order valence-corrected chi connectivity index (χ4v) is 4.52. The van der Waals surface area contributed by atoms with Gasteiger partial charge in [0.05, 0.1) is 11.1 Å². The third-order valence-corrected chi connectivity index (χ3v) is 6.12. The Morgan fingerprint density at radius 1 is 1.07 bits per heavy atom. The van der Waals surface area contributed by atoms with Crippen LogP contribution in [0.3, 0.4) is 0 Å². The summed E-state index contributed by atoms with van der Waals surface area (Å²) < 4.78 is 0. The summed E-state index contributed by atoms with van der Waals surface area (Å²) in [5, 5.41) is 6.26. The molecule has 1 aromatic carbocycles. The molecule has 27 heavy (non-hydrogen) atoms. The van der Waals surface area contributed by atoms with Crippen LogP contribution in [0.15, 0.2) is 18.2 Å². The average molecular weight is 369 g/mol. The number of carbonyl (C=O) groups excluding carboxylic acids is 3. The normalized spacial score (nSPS) is 23.0. The lowest BCUT2D eigenvalue weighted by Gasteiger charge is -2.29. The summed E-state index contributed by atoms with van der Waals surface area (Å²) in [6, 6.07) is 4.88. The van der Waals surface area contributed by atoms with E-state index < -0.39 is 0 Å². The van der Waals surface area contributed by atoms with Gasteiger partial charge in [0, 0.05) is 18.2 Å². The predicted octanol–water partition coefficient (Wildman–Crippen LogP) is 2.34. The number of hydrogen-bond acceptors (Lipinski definition) is 4. The van der Waals surface area contributed by atoms with Crippen LogP contribution in [0.5, 0.6) is 0 Å². The van der Waals surface area contributed by atoms with Crippen molar-refractivity contribution in [3.63, 3.8) is 0 Å². The van der Waals surface area contributed by atoms with Gasteiger partial charge in [-0.15, -0.1) is 0 Å². The Labute approximate surface area is 159 Å². The molecule has 0 bridgehead atoms. The van der Waals surface area contributed by atoms with Crippen LogP contribution in [0.2, 0.25) is 0 Å². The van der Waals surface area contributed by atoms with Crippen LogP contribution in [0.25, 0.3) is 0 Å². The molecule has 3 amide bonds. The summed E-state index contributed by atoms with van der Waals surface area (Å²) in [5.41, 5.74) is 1.25. The average Bonchev–Trinajstić information content (AvgIpc) is 3.29. The summed E-state index contributed by atoms with van der Waals surface area (Å²) in [7, 11) is 0. The van der Waals surface area contributed by atoms with Crippen molar-refractivity contribution in [1.29, 1.82) is 0 Å². The predicted molar refractivity (Wildman–Crippen MR) is 102 cm³/mol. The zero-order chi connectivity index (χ0) is 18.8.